The zero-order chi connectivity index (χ0) is 17.6. The molecule has 0 aliphatic heterocycles. The van der Waals surface area contributed by atoms with Gasteiger partial charge in [-0.25, -0.2) is 9.78 Å². The zero-order valence-corrected chi connectivity index (χ0v) is 13.7. The number of ether oxygens (including phenoxy) is 1. The predicted octanol–water partition coefficient (Wildman–Crippen LogP) is 3.29. The molecule has 0 radical (unpaired) electrons. The van der Waals surface area contributed by atoms with Crippen molar-refractivity contribution in [3.63, 3.8) is 0 Å². The molecule has 2 heterocycles. The molecule has 6 heteroatoms. The second-order valence-corrected chi connectivity index (χ2v) is 5.48. The number of aryl methyl sites for hydroxylation is 1. The Morgan fingerprint density at radius 1 is 1.12 bits per heavy atom. The molecule has 3 rings (SSSR count). The summed E-state index contributed by atoms with van der Waals surface area (Å²) in [5.74, 6) is 0.483. The Morgan fingerprint density at radius 2 is 1.92 bits per heavy atom. The van der Waals surface area contributed by atoms with Crippen LogP contribution in [-0.4, -0.2) is 15.6 Å². The Labute approximate surface area is 144 Å². The third-order valence-electron chi connectivity index (χ3n) is 3.54. The molecule has 0 spiro atoms. The van der Waals surface area contributed by atoms with Crippen LogP contribution < -0.4 is 10.9 Å². The molecular formula is C19H17N3O3. The lowest BCUT2D eigenvalue weighted by Gasteiger charge is -2.09. The van der Waals surface area contributed by atoms with Gasteiger partial charge in [-0.15, -0.1) is 0 Å². The summed E-state index contributed by atoms with van der Waals surface area (Å²) >= 11 is 0. The van der Waals surface area contributed by atoms with E-state index in [1.807, 2.05) is 43.3 Å². The van der Waals surface area contributed by atoms with Crippen molar-refractivity contribution in [3.05, 3.63) is 88.5 Å². The van der Waals surface area contributed by atoms with E-state index < -0.39 is 6.09 Å². The van der Waals surface area contributed by atoms with Gasteiger partial charge < -0.3 is 4.74 Å². The number of rotatable bonds is 4. The van der Waals surface area contributed by atoms with Gasteiger partial charge in [0.2, 0.25) is 0 Å². The Bertz CT molecular complexity index is 919. The standard InChI is InChI=1S/C19H17N3O3/c1-14-9-10-17(20-12-14)22-11-5-8-16(18(22)23)21-19(24)25-13-15-6-3-2-4-7-15/h2-12H,13H2,1H3,(H,21,24). The van der Waals surface area contributed by atoms with Crippen molar-refractivity contribution in [2.45, 2.75) is 13.5 Å². The fourth-order valence-corrected chi connectivity index (χ4v) is 2.24. The fourth-order valence-electron chi connectivity index (χ4n) is 2.24. The van der Waals surface area contributed by atoms with Crippen LogP contribution >= 0.6 is 0 Å². The van der Waals surface area contributed by atoms with Crippen LogP contribution in [0.1, 0.15) is 11.1 Å². The number of pyridine rings is 2. The molecule has 1 aromatic carbocycles. The highest BCUT2D eigenvalue weighted by Gasteiger charge is 2.10. The molecule has 126 valence electrons. The number of carbonyl (C=O) groups is 1. The number of benzene rings is 1. The highest BCUT2D eigenvalue weighted by molar-refractivity contribution is 5.84. The molecule has 0 saturated carbocycles. The quantitative estimate of drug-likeness (QED) is 0.794. The van der Waals surface area contributed by atoms with Gasteiger partial charge in [0.15, 0.2) is 0 Å². The van der Waals surface area contributed by atoms with Gasteiger partial charge in [-0.05, 0) is 36.2 Å². The number of nitrogens with one attached hydrogen (secondary N) is 1. The molecular weight excluding hydrogens is 318 g/mol. The van der Waals surface area contributed by atoms with Gasteiger partial charge in [0.05, 0.1) is 0 Å². The summed E-state index contributed by atoms with van der Waals surface area (Å²) in [6.07, 6.45) is 2.59. The first-order valence-electron chi connectivity index (χ1n) is 7.76. The number of aromatic nitrogens is 2. The summed E-state index contributed by atoms with van der Waals surface area (Å²) in [4.78, 5) is 28.7. The third-order valence-corrected chi connectivity index (χ3v) is 3.54. The van der Waals surface area contributed by atoms with Gasteiger partial charge in [0, 0.05) is 12.4 Å². The van der Waals surface area contributed by atoms with Gasteiger partial charge in [-0.2, -0.15) is 0 Å². The van der Waals surface area contributed by atoms with Crippen molar-refractivity contribution in [2.24, 2.45) is 0 Å². The number of nitrogens with zero attached hydrogens (tertiary/aromatic N) is 2. The average molecular weight is 335 g/mol. The van der Waals surface area contributed by atoms with E-state index in [0.29, 0.717) is 5.82 Å². The largest absolute Gasteiger partial charge is 0.444 e. The summed E-state index contributed by atoms with van der Waals surface area (Å²) in [6.45, 7) is 2.05. The lowest BCUT2D eigenvalue weighted by Crippen LogP contribution is -2.25. The Morgan fingerprint density at radius 3 is 2.64 bits per heavy atom. The van der Waals surface area contributed by atoms with E-state index in [2.05, 4.69) is 10.3 Å². The SMILES string of the molecule is Cc1ccc(-n2cccc(NC(=O)OCc3ccccc3)c2=O)nc1. The Hall–Kier alpha value is -3.41. The monoisotopic (exact) mass is 335 g/mol. The van der Waals surface area contributed by atoms with Crippen molar-refractivity contribution in [1.29, 1.82) is 0 Å². The lowest BCUT2D eigenvalue weighted by molar-refractivity contribution is 0.155. The zero-order valence-electron chi connectivity index (χ0n) is 13.7. The minimum atomic E-state index is -0.685. The summed E-state index contributed by atoms with van der Waals surface area (Å²) in [6, 6.07) is 16.1. The van der Waals surface area contributed by atoms with E-state index in [4.69, 9.17) is 4.74 Å². The Balaban J connectivity index is 1.72. The first-order valence-corrected chi connectivity index (χ1v) is 7.76. The van der Waals surface area contributed by atoms with Gasteiger partial charge in [-0.1, -0.05) is 36.4 Å². The summed E-state index contributed by atoms with van der Waals surface area (Å²) < 4.78 is 6.50. The molecule has 1 N–H and O–H groups in total. The van der Waals surface area contributed by atoms with E-state index in [1.54, 1.807) is 24.5 Å². The van der Waals surface area contributed by atoms with E-state index in [1.165, 1.54) is 10.6 Å². The van der Waals surface area contributed by atoms with Crippen LogP contribution in [0.4, 0.5) is 10.5 Å². The van der Waals surface area contributed by atoms with Crippen LogP contribution in [0.25, 0.3) is 5.82 Å². The van der Waals surface area contributed by atoms with Crippen LogP contribution in [0.2, 0.25) is 0 Å². The average Bonchev–Trinajstić information content (AvgIpc) is 2.63. The topological polar surface area (TPSA) is 73.2 Å². The van der Waals surface area contributed by atoms with E-state index >= 15 is 0 Å². The van der Waals surface area contributed by atoms with Gasteiger partial charge in [-0.3, -0.25) is 14.7 Å². The van der Waals surface area contributed by atoms with E-state index in [-0.39, 0.29) is 17.9 Å². The van der Waals surface area contributed by atoms with Crippen molar-refractivity contribution < 1.29 is 9.53 Å². The third kappa shape index (κ3) is 4.11. The second kappa shape index (κ2) is 7.44. The van der Waals surface area contributed by atoms with Crippen molar-refractivity contribution in [2.75, 3.05) is 5.32 Å². The molecule has 1 amide bonds. The fraction of sp³-hybridized carbons (Fsp3) is 0.105. The number of hydrogen-bond donors (Lipinski definition) is 1. The number of hydrogen-bond acceptors (Lipinski definition) is 4. The molecule has 0 aliphatic carbocycles. The predicted molar refractivity (Wildman–Crippen MR) is 94.8 cm³/mol. The highest BCUT2D eigenvalue weighted by atomic mass is 16.5. The van der Waals surface area contributed by atoms with Crippen molar-refractivity contribution in [1.82, 2.24) is 9.55 Å². The van der Waals surface area contributed by atoms with Gasteiger partial charge in [0.25, 0.3) is 5.56 Å². The molecule has 0 aliphatic rings. The molecule has 0 fully saturated rings. The molecule has 6 nitrogen and oxygen atoms in total. The molecule has 0 bridgehead atoms. The molecule has 25 heavy (non-hydrogen) atoms. The minimum absolute atomic E-state index is 0.128. The molecule has 2 aromatic heterocycles. The minimum Gasteiger partial charge on any atom is -0.444 e. The summed E-state index contributed by atoms with van der Waals surface area (Å²) in [5, 5.41) is 2.48. The maximum Gasteiger partial charge on any atom is 0.412 e. The molecule has 3 aromatic rings. The lowest BCUT2D eigenvalue weighted by atomic mass is 10.2. The van der Waals surface area contributed by atoms with Crippen molar-refractivity contribution >= 4 is 11.8 Å². The maximum atomic E-state index is 12.5. The van der Waals surface area contributed by atoms with Crippen molar-refractivity contribution in [3.8, 4) is 5.82 Å². The molecule has 0 unspecified atom stereocenters. The van der Waals surface area contributed by atoms with E-state index in [9.17, 15) is 9.59 Å². The number of amides is 1. The molecule has 0 atom stereocenters. The highest BCUT2D eigenvalue weighted by Crippen LogP contribution is 2.07. The second-order valence-electron chi connectivity index (χ2n) is 5.48. The van der Waals surface area contributed by atoms with Crippen LogP contribution in [0.3, 0.4) is 0 Å². The van der Waals surface area contributed by atoms with E-state index in [0.717, 1.165) is 11.1 Å². The first-order chi connectivity index (χ1) is 12.1. The van der Waals surface area contributed by atoms with Crippen LogP contribution in [-0.2, 0) is 11.3 Å². The maximum absolute atomic E-state index is 12.5. The van der Waals surface area contributed by atoms with Crippen LogP contribution in [0, 0.1) is 6.92 Å². The van der Waals surface area contributed by atoms with Crippen LogP contribution in [0.15, 0.2) is 71.8 Å². The van der Waals surface area contributed by atoms with Crippen LogP contribution in [0.5, 0.6) is 0 Å². The first kappa shape index (κ1) is 16.4. The Kier molecular flexibility index (Phi) is 4.89. The van der Waals surface area contributed by atoms with Gasteiger partial charge in [0.1, 0.15) is 18.1 Å². The smallest absolute Gasteiger partial charge is 0.412 e. The summed E-state index contributed by atoms with van der Waals surface area (Å²) in [7, 11) is 0. The number of anilines is 1. The van der Waals surface area contributed by atoms with Gasteiger partial charge >= 0.3 is 6.09 Å². The summed E-state index contributed by atoms with van der Waals surface area (Å²) in [5.41, 5.74) is 1.61. The molecule has 0 saturated heterocycles. The normalized spacial score (nSPS) is 10.3. The number of carbonyl (C=O) groups excluding carboxylic acids is 1.